The summed E-state index contributed by atoms with van der Waals surface area (Å²) in [6.07, 6.45) is 1.96. The summed E-state index contributed by atoms with van der Waals surface area (Å²) < 4.78 is 11.2. The van der Waals surface area contributed by atoms with Crippen molar-refractivity contribution < 1.29 is 14.3 Å². The van der Waals surface area contributed by atoms with Crippen molar-refractivity contribution in [2.45, 2.75) is 25.0 Å². The number of rotatable bonds is 5. The summed E-state index contributed by atoms with van der Waals surface area (Å²) in [5.41, 5.74) is 7.38. The van der Waals surface area contributed by atoms with Crippen LogP contribution >= 0.6 is 11.6 Å². The standard InChI is InChI=1S/C19H20ClNO3/c20-15-5-1-13(2-6-15)18(21)19(22)14-3-7-16(8-4-14)24-17-9-11-23-12-10-17/h1-8,17-18H,9-12,21H2. The molecule has 126 valence electrons. The highest BCUT2D eigenvalue weighted by Gasteiger charge is 2.19. The van der Waals surface area contributed by atoms with Gasteiger partial charge in [0, 0.05) is 23.4 Å². The summed E-state index contributed by atoms with van der Waals surface area (Å²) in [4.78, 5) is 12.5. The number of hydrogen-bond donors (Lipinski definition) is 1. The highest BCUT2D eigenvalue weighted by atomic mass is 35.5. The maximum atomic E-state index is 12.5. The Balaban J connectivity index is 1.65. The van der Waals surface area contributed by atoms with Gasteiger partial charge in [0.15, 0.2) is 5.78 Å². The van der Waals surface area contributed by atoms with Crippen LogP contribution in [0, 0.1) is 0 Å². The summed E-state index contributed by atoms with van der Waals surface area (Å²) in [6, 6.07) is 13.4. The molecule has 0 amide bonds. The van der Waals surface area contributed by atoms with E-state index in [2.05, 4.69) is 0 Å². The third kappa shape index (κ3) is 4.15. The Morgan fingerprint density at radius 3 is 2.33 bits per heavy atom. The van der Waals surface area contributed by atoms with Gasteiger partial charge < -0.3 is 15.2 Å². The van der Waals surface area contributed by atoms with Gasteiger partial charge in [0.25, 0.3) is 0 Å². The van der Waals surface area contributed by atoms with Crippen molar-refractivity contribution >= 4 is 17.4 Å². The van der Waals surface area contributed by atoms with E-state index >= 15 is 0 Å². The molecule has 3 rings (SSSR count). The van der Waals surface area contributed by atoms with Crippen molar-refractivity contribution in [3.8, 4) is 5.75 Å². The van der Waals surface area contributed by atoms with Gasteiger partial charge in [0.2, 0.25) is 0 Å². The number of Topliss-reactive ketones (excluding diaryl/α,β-unsaturated/α-hetero) is 1. The van der Waals surface area contributed by atoms with E-state index in [0.29, 0.717) is 10.6 Å². The smallest absolute Gasteiger partial charge is 0.184 e. The number of ketones is 1. The summed E-state index contributed by atoms with van der Waals surface area (Å²) in [5, 5.41) is 0.619. The molecule has 1 atom stereocenters. The molecule has 4 nitrogen and oxygen atoms in total. The number of benzene rings is 2. The van der Waals surface area contributed by atoms with E-state index in [9.17, 15) is 4.79 Å². The average Bonchev–Trinajstić information content (AvgIpc) is 2.63. The molecule has 2 aromatic carbocycles. The lowest BCUT2D eigenvalue weighted by Crippen LogP contribution is -2.26. The van der Waals surface area contributed by atoms with Crippen LogP contribution in [0.1, 0.15) is 34.8 Å². The molecule has 5 heteroatoms. The van der Waals surface area contributed by atoms with Gasteiger partial charge in [-0.2, -0.15) is 0 Å². The molecule has 0 saturated carbocycles. The van der Waals surface area contributed by atoms with Crippen molar-refractivity contribution in [3.63, 3.8) is 0 Å². The fourth-order valence-electron chi connectivity index (χ4n) is 2.69. The molecule has 0 spiro atoms. The molecule has 0 aromatic heterocycles. The van der Waals surface area contributed by atoms with Gasteiger partial charge in [-0.15, -0.1) is 0 Å². The van der Waals surface area contributed by atoms with Gasteiger partial charge in [-0.3, -0.25) is 4.79 Å². The quantitative estimate of drug-likeness (QED) is 0.838. The van der Waals surface area contributed by atoms with Gasteiger partial charge in [0.05, 0.1) is 19.3 Å². The van der Waals surface area contributed by atoms with Gasteiger partial charge in [0.1, 0.15) is 11.9 Å². The third-order valence-electron chi connectivity index (χ3n) is 4.12. The number of ether oxygens (including phenoxy) is 2. The molecular formula is C19H20ClNO3. The maximum Gasteiger partial charge on any atom is 0.184 e. The molecule has 1 aliphatic heterocycles. The van der Waals surface area contributed by atoms with E-state index in [1.165, 1.54) is 0 Å². The molecule has 0 radical (unpaired) electrons. The first kappa shape index (κ1) is 17.0. The maximum absolute atomic E-state index is 12.5. The fraction of sp³-hybridized carbons (Fsp3) is 0.316. The van der Waals surface area contributed by atoms with Gasteiger partial charge >= 0.3 is 0 Å². The SMILES string of the molecule is NC(C(=O)c1ccc(OC2CCOCC2)cc1)c1ccc(Cl)cc1. The van der Waals surface area contributed by atoms with Crippen LogP contribution < -0.4 is 10.5 Å². The largest absolute Gasteiger partial charge is 0.490 e. The van der Waals surface area contributed by atoms with Crippen LogP contribution in [0.4, 0.5) is 0 Å². The van der Waals surface area contributed by atoms with Crippen LogP contribution in [-0.4, -0.2) is 25.1 Å². The predicted molar refractivity (Wildman–Crippen MR) is 93.6 cm³/mol. The molecule has 1 saturated heterocycles. The van der Waals surface area contributed by atoms with Crippen LogP contribution in [-0.2, 0) is 4.74 Å². The second-order valence-electron chi connectivity index (χ2n) is 5.85. The average molecular weight is 346 g/mol. The third-order valence-corrected chi connectivity index (χ3v) is 4.37. The molecule has 2 N–H and O–H groups in total. The first-order chi connectivity index (χ1) is 11.6. The minimum absolute atomic E-state index is 0.130. The number of halogens is 1. The van der Waals surface area contributed by atoms with Crippen LogP contribution in [0.2, 0.25) is 5.02 Å². The van der Waals surface area contributed by atoms with Gasteiger partial charge in [-0.25, -0.2) is 0 Å². The molecule has 1 fully saturated rings. The highest BCUT2D eigenvalue weighted by molar-refractivity contribution is 6.30. The Morgan fingerprint density at radius 1 is 1.08 bits per heavy atom. The molecule has 1 heterocycles. The summed E-state index contributed by atoms with van der Waals surface area (Å²) >= 11 is 5.86. The first-order valence-corrected chi connectivity index (χ1v) is 8.41. The topological polar surface area (TPSA) is 61.6 Å². The molecule has 0 bridgehead atoms. The summed E-state index contributed by atoms with van der Waals surface area (Å²) in [6.45, 7) is 1.47. The number of nitrogens with two attached hydrogens (primary N) is 1. The minimum Gasteiger partial charge on any atom is -0.490 e. The Bertz CT molecular complexity index is 679. The van der Waals surface area contributed by atoms with Crippen LogP contribution in [0.5, 0.6) is 5.75 Å². The Labute approximate surface area is 146 Å². The van der Waals surface area contributed by atoms with E-state index in [-0.39, 0.29) is 11.9 Å². The van der Waals surface area contributed by atoms with E-state index in [0.717, 1.165) is 37.4 Å². The second-order valence-corrected chi connectivity index (χ2v) is 6.28. The molecule has 24 heavy (non-hydrogen) atoms. The lowest BCUT2D eigenvalue weighted by molar-refractivity contribution is 0.0256. The highest BCUT2D eigenvalue weighted by Crippen LogP contribution is 2.22. The van der Waals surface area contributed by atoms with Crippen LogP contribution in [0.15, 0.2) is 48.5 Å². The van der Waals surface area contributed by atoms with Gasteiger partial charge in [-0.1, -0.05) is 23.7 Å². The number of carbonyl (C=O) groups is 1. The number of carbonyl (C=O) groups excluding carboxylic acids is 1. The fourth-order valence-corrected chi connectivity index (χ4v) is 2.81. The van der Waals surface area contributed by atoms with Crippen molar-refractivity contribution in [2.24, 2.45) is 5.73 Å². The van der Waals surface area contributed by atoms with E-state index in [1.54, 1.807) is 36.4 Å². The second kappa shape index (κ2) is 7.79. The Hall–Kier alpha value is -1.88. The van der Waals surface area contributed by atoms with Gasteiger partial charge in [-0.05, 0) is 42.0 Å². The monoisotopic (exact) mass is 345 g/mol. The van der Waals surface area contributed by atoms with Crippen molar-refractivity contribution in [1.82, 2.24) is 0 Å². The van der Waals surface area contributed by atoms with E-state index in [4.69, 9.17) is 26.8 Å². The zero-order chi connectivity index (χ0) is 16.9. The summed E-state index contributed by atoms with van der Waals surface area (Å²) in [7, 11) is 0. The van der Waals surface area contributed by atoms with Crippen LogP contribution in [0.3, 0.4) is 0 Å². The lowest BCUT2D eigenvalue weighted by Gasteiger charge is -2.23. The van der Waals surface area contributed by atoms with Crippen molar-refractivity contribution in [2.75, 3.05) is 13.2 Å². The lowest BCUT2D eigenvalue weighted by atomic mass is 9.98. The molecule has 1 unspecified atom stereocenters. The summed E-state index contributed by atoms with van der Waals surface area (Å²) in [5.74, 6) is 0.633. The Morgan fingerprint density at radius 2 is 1.71 bits per heavy atom. The molecule has 0 aliphatic carbocycles. The van der Waals surface area contributed by atoms with E-state index < -0.39 is 6.04 Å². The Kier molecular flexibility index (Phi) is 5.51. The molecule has 1 aliphatic rings. The predicted octanol–water partition coefficient (Wildman–Crippen LogP) is 3.78. The minimum atomic E-state index is -0.704. The molecular weight excluding hydrogens is 326 g/mol. The zero-order valence-electron chi connectivity index (χ0n) is 13.3. The zero-order valence-corrected chi connectivity index (χ0v) is 14.0. The van der Waals surface area contributed by atoms with Crippen molar-refractivity contribution in [1.29, 1.82) is 0 Å². The molecule has 2 aromatic rings. The van der Waals surface area contributed by atoms with E-state index in [1.807, 2.05) is 12.1 Å². The van der Waals surface area contributed by atoms with Crippen LogP contribution in [0.25, 0.3) is 0 Å². The van der Waals surface area contributed by atoms with Crippen molar-refractivity contribution in [3.05, 3.63) is 64.7 Å². The number of hydrogen-bond acceptors (Lipinski definition) is 4. The first-order valence-electron chi connectivity index (χ1n) is 8.03. The normalized spacial score (nSPS) is 16.6.